The van der Waals surface area contributed by atoms with Gasteiger partial charge in [-0.15, -0.1) is 0 Å². The molecule has 6 N–H and O–H groups in total. The third-order valence-electron chi connectivity index (χ3n) is 4.40. The molecule has 1 aromatic carbocycles. The molecule has 25 heavy (non-hydrogen) atoms. The lowest BCUT2D eigenvalue weighted by molar-refractivity contribution is -0.139. The van der Waals surface area contributed by atoms with Crippen LogP contribution in [0.3, 0.4) is 0 Å². The van der Waals surface area contributed by atoms with Gasteiger partial charge in [-0.2, -0.15) is 5.53 Å². The van der Waals surface area contributed by atoms with Crippen LogP contribution in [0.5, 0.6) is 0 Å². The predicted molar refractivity (Wildman–Crippen MR) is 94.4 cm³/mol. The molecule has 9 nitrogen and oxygen atoms in total. The third kappa shape index (κ3) is 3.94. The molecule has 1 fully saturated rings. The number of anilines is 2. The first-order chi connectivity index (χ1) is 11.9. The second-order valence-corrected chi connectivity index (χ2v) is 6.41. The molecule has 0 bridgehead atoms. The van der Waals surface area contributed by atoms with E-state index in [9.17, 15) is 9.59 Å². The summed E-state index contributed by atoms with van der Waals surface area (Å²) < 4.78 is 0. The molecular formula is C16H25N7O2. The summed E-state index contributed by atoms with van der Waals surface area (Å²) in [7, 11) is 0. The van der Waals surface area contributed by atoms with Crippen LogP contribution in [0.2, 0.25) is 0 Å². The number of nitrogens with zero attached hydrogens (tertiary/aromatic N) is 3. The molecule has 0 saturated carbocycles. The maximum absolute atomic E-state index is 12.9. The number of nitrogens with two attached hydrogens (primary N) is 2. The Balaban J connectivity index is 2.21. The fourth-order valence-corrected chi connectivity index (χ4v) is 2.88. The number of carbonyl (C=O) groups is 2. The Bertz CT molecular complexity index is 649. The van der Waals surface area contributed by atoms with Crippen molar-refractivity contribution in [1.82, 2.24) is 4.90 Å². The van der Waals surface area contributed by atoms with Gasteiger partial charge in [0.2, 0.25) is 5.91 Å². The molecule has 2 rings (SSSR count). The first-order valence-electron chi connectivity index (χ1n) is 8.24. The highest BCUT2D eigenvalue weighted by molar-refractivity contribution is 6.01. The van der Waals surface area contributed by atoms with Gasteiger partial charge in [-0.3, -0.25) is 15.0 Å². The number of benzene rings is 1. The molecule has 0 spiro atoms. The van der Waals surface area contributed by atoms with Gasteiger partial charge in [0, 0.05) is 6.54 Å². The molecule has 0 radical (unpaired) electrons. The standard InChI is InChI=1S/C16H25N7O2/c1-10(2)14(17)16(25)22-9-5-8-13(22)15(24)23(19)12-7-4-3-6-11(12)20-21-18/h3-4,6-7,10,13-14H,5,8-9,17,19H2,1-2H3,(H2,18,20)/t13?,14-/m0/s1. The lowest BCUT2D eigenvalue weighted by atomic mass is 10.0. The van der Waals surface area contributed by atoms with Crippen molar-refractivity contribution in [2.75, 3.05) is 17.0 Å². The first-order valence-corrected chi connectivity index (χ1v) is 8.24. The normalized spacial score (nSPS) is 18.1. The summed E-state index contributed by atoms with van der Waals surface area (Å²) in [5, 5.41) is 4.12. The van der Waals surface area contributed by atoms with Crippen LogP contribution in [0.1, 0.15) is 26.7 Å². The van der Waals surface area contributed by atoms with Crippen LogP contribution in [0, 0.1) is 11.4 Å². The maximum Gasteiger partial charge on any atom is 0.264 e. The van der Waals surface area contributed by atoms with Crippen molar-refractivity contribution in [2.45, 2.75) is 38.8 Å². The summed E-state index contributed by atoms with van der Waals surface area (Å²) in [6.07, 6.45) is 1.27. The average molecular weight is 347 g/mol. The topological polar surface area (TPSA) is 141 Å². The monoisotopic (exact) mass is 347 g/mol. The van der Waals surface area contributed by atoms with Gasteiger partial charge in [0.05, 0.1) is 17.4 Å². The molecule has 1 aliphatic heterocycles. The summed E-state index contributed by atoms with van der Waals surface area (Å²) in [5.41, 5.74) is 16.2. The number of nitrogens with one attached hydrogen (secondary N) is 2. The molecule has 0 aliphatic carbocycles. The highest BCUT2D eigenvalue weighted by Gasteiger charge is 2.38. The second kappa shape index (κ2) is 8.04. The van der Waals surface area contributed by atoms with Gasteiger partial charge in [0.1, 0.15) is 6.04 Å². The van der Waals surface area contributed by atoms with Crippen LogP contribution in [0.15, 0.2) is 29.5 Å². The summed E-state index contributed by atoms with van der Waals surface area (Å²) >= 11 is 0. The van der Waals surface area contributed by atoms with E-state index < -0.39 is 12.1 Å². The molecule has 0 aromatic heterocycles. The maximum atomic E-state index is 12.9. The van der Waals surface area contributed by atoms with E-state index in [1.54, 1.807) is 24.3 Å². The molecule has 1 aromatic rings. The SMILES string of the molecule is CC(C)[C@H](N)C(=O)N1CCCC1C(=O)N(N)c1ccccc1NN=N. The summed E-state index contributed by atoms with van der Waals surface area (Å²) in [6, 6.07) is 5.49. The molecule has 1 aliphatic rings. The van der Waals surface area contributed by atoms with Gasteiger partial charge in [-0.05, 0) is 30.9 Å². The third-order valence-corrected chi connectivity index (χ3v) is 4.40. The Labute approximate surface area is 146 Å². The zero-order chi connectivity index (χ0) is 18.6. The molecule has 1 unspecified atom stereocenters. The van der Waals surface area contributed by atoms with E-state index in [4.69, 9.17) is 17.1 Å². The number of amides is 2. The van der Waals surface area contributed by atoms with Crippen molar-refractivity contribution in [3.8, 4) is 0 Å². The van der Waals surface area contributed by atoms with Crippen LogP contribution < -0.4 is 22.0 Å². The minimum absolute atomic E-state index is 0.0126. The van der Waals surface area contributed by atoms with Crippen LogP contribution >= 0.6 is 0 Å². The number of hydrogen-bond donors (Lipinski definition) is 4. The van der Waals surface area contributed by atoms with Gasteiger partial charge >= 0.3 is 0 Å². The Kier molecular flexibility index (Phi) is 6.05. The van der Waals surface area contributed by atoms with Gasteiger partial charge in [-0.1, -0.05) is 31.2 Å². The van der Waals surface area contributed by atoms with E-state index in [0.717, 1.165) is 11.4 Å². The van der Waals surface area contributed by atoms with E-state index in [1.165, 1.54) is 4.90 Å². The molecule has 1 heterocycles. The van der Waals surface area contributed by atoms with E-state index in [1.807, 2.05) is 13.8 Å². The van der Waals surface area contributed by atoms with Crippen molar-refractivity contribution in [2.24, 2.45) is 22.7 Å². The number of hydrazine groups is 1. The largest absolute Gasteiger partial charge is 0.329 e. The van der Waals surface area contributed by atoms with Crippen molar-refractivity contribution >= 4 is 23.2 Å². The lowest BCUT2D eigenvalue weighted by Gasteiger charge is -2.30. The van der Waals surface area contributed by atoms with Crippen molar-refractivity contribution in [3.05, 3.63) is 24.3 Å². The minimum atomic E-state index is -0.643. The van der Waals surface area contributed by atoms with Crippen molar-refractivity contribution in [1.29, 1.82) is 5.53 Å². The highest BCUT2D eigenvalue weighted by Crippen LogP contribution is 2.27. The van der Waals surface area contributed by atoms with E-state index in [0.29, 0.717) is 24.3 Å². The molecule has 2 amide bonds. The minimum Gasteiger partial charge on any atom is -0.329 e. The lowest BCUT2D eigenvalue weighted by Crippen LogP contribution is -2.55. The molecule has 2 atom stereocenters. The Morgan fingerprint density at radius 2 is 2.08 bits per heavy atom. The van der Waals surface area contributed by atoms with E-state index in [2.05, 4.69) is 10.6 Å². The predicted octanol–water partition coefficient (Wildman–Crippen LogP) is 1.23. The smallest absolute Gasteiger partial charge is 0.264 e. The number of likely N-dealkylation sites (tertiary alicyclic amines) is 1. The number of rotatable bonds is 6. The quantitative estimate of drug-likeness (QED) is 0.265. The number of para-hydroxylation sites is 2. The highest BCUT2D eigenvalue weighted by atomic mass is 16.2. The van der Waals surface area contributed by atoms with Crippen LogP contribution in [-0.2, 0) is 9.59 Å². The van der Waals surface area contributed by atoms with Gasteiger partial charge in [0.25, 0.3) is 5.91 Å². The van der Waals surface area contributed by atoms with Gasteiger partial charge in [-0.25, -0.2) is 10.9 Å². The second-order valence-electron chi connectivity index (χ2n) is 6.41. The first kappa shape index (κ1) is 18.8. The summed E-state index contributed by atoms with van der Waals surface area (Å²) in [6.45, 7) is 4.24. The van der Waals surface area contributed by atoms with Gasteiger partial charge < -0.3 is 10.6 Å². The zero-order valence-corrected chi connectivity index (χ0v) is 14.5. The Morgan fingerprint density at radius 1 is 1.40 bits per heavy atom. The van der Waals surface area contributed by atoms with E-state index in [-0.39, 0.29) is 17.7 Å². The van der Waals surface area contributed by atoms with Crippen molar-refractivity contribution in [3.63, 3.8) is 0 Å². The Morgan fingerprint density at radius 3 is 2.72 bits per heavy atom. The van der Waals surface area contributed by atoms with Crippen LogP contribution in [0.25, 0.3) is 0 Å². The van der Waals surface area contributed by atoms with Gasteiger partial charge in [0.15, 0.2) is 0 Å². The number of hydrogen-bond acceptors (Lipinski definition) is 6. The fraction of sp³-hybridized carbons (Fsp3) is 0.500. The van der Waals surface area contributed by atoms with E-state index >= 15 is 0 Å². The average Bonchev–Trinajstić information content (AvgIpc) is 3.09. The number of carbonyl (C=O) groups excluding carboxylic acids is 2. The van der Waals surface area contributed by atoms with Crippen LogP contribution in [-0.4, -0.2) is 35.3 Å². The molecule has 1 saturated heterocycles. The fourth-order valence-electron chi connectivity index (χ4n) is 2.88. The molecule has 9 heteroatoms. The van der Waals surface area contributed by atoms with Crippen molar-refractivity contribution < 1.29 is 9.59 Å². The summed E-state index contributed by atoms with van der Waals surface area (Å²) in [4.78, 5) is 27.0. The Hall–Kier alpha value is -2.52. The molecule has 136 valence electrons. The zero-order valence-electron chi connectivity index (χ0n) is 14.5. The van der Waals surface area contributed by atoms with Crippen LogP contribution in [0.4, 0.5) is 11.4 Å². The summed E-state index contributed by atoms with van der Waals surface area (Å²) in [5.74, 6) is 5.39. The molecular weight excluding hydrogens is 322 g/mol.